The molecule has 5 nitrogen and oxygen atoms in total. The van der Waals surface area contributed by atoms with E-state index in [9.17, 15) is 0 Å². The van der Waals surface area contributed by atoms with Crippen molar-refractivity contribution >= 4 is 75.4 Å². The van der Waals surface area contributed by atoms with Crippen molar-refractivity contribution in [2.45, 2.75) is 0 Å². The van der Waals surface area contributed by atoms with Gasteiger partial charge in [0.15, 0.2) is 17.5 Å². The highest BCUT2D eigenvalue weighted by atomic mass is 32.1. The molecule has 4 aromatic heterocycles. The summed E-state index contributed by atoms with van der Waals surface area (Å²) in [6, 6.07) is 60.8. The van der Waals surface area contributed by atoms with Crippen molar-refractivity contribution in [3.8, 4) is 56.4 Å². The van der Waals surface area contributed by atoms with Crippen LogP contribution in [0.2, 0.25) is 0 Å². The Morgan fingerprint density at radius 3 is 1.60 bits per heavy atom. The predicted molar refractivity (Wildman–Crippen MR) is 234 cm³/mol. The van der Waals surface area contributed by atoms with E-state index in [2.05, 4.69) is 97.1 Å². The quantitative estimate of drug-likeness (QED) is 0.175. The van der Waals surface area contributed by atoms with Crippen LogP contribution >= 0.6 is 11.3 Å². The second-order valence-electron chi connectivity index (χ2n) is 14.3. The van der Waals surface area contributed by atoms with E-state index in [-0.39, 0.29) is 0 Å². The standard InChI is InChI=1S/C51H29N3O2S/c1-3-13-30(14-4-1)49-52-50(31-15-5-2-6-16-31)54-51(53-49)41-22-12-21-39-38-20-11-19-37(47(38)57-48(39)41)36-28-27-33(45-40-18-8-10-24-43(40)56-46(36)45)32-25-26-35-34-17-7-9-23-42(34)55-44(35)29-32/h1-29H. The summed E-state index contributed by atoms with van der Waals surface area (Å²) in [5.41, 5.74) is 10.7. The molecule has 0 amide bonds. The van der Waals surface area contributed by atoms with Crippen LogP contribution < -0.4 is 0 Å². The Morgan fingerprint density at radius 1 is 0.333 bits per heavy atom. The topological polar surface area (TPSA) is 65.0 Å². The van der Waals surface area contributed by atoms with Gasteiger partial charge in [0.05, 0.1) is 0 Å². The lowest BCUT2D eigenvalue weighted by Gasteiger charge is -2.09. The maximum atomic E-state index is 6.82. The third kappa shape index (κ3) is 5.04. The van der Waals surface area contributed by atoms with Crippen molar-refractivity contribution in [2.75, 3.05) is 0 Å². The summed E-state index contributed by atoms with van der Waals surface area (Å²) in [6.07, 6.45) is 0. The molecule has 12 rings (SSSR count). The van der Waals surface area contributed by atoms with Crippen LogP contribution in [0.15, 0.2) is 185 Å². The predicted octanol–water partition coefficient (Wildman–Crippen LogP) is 14.4. The number of thiophene rings is 1. The lowest BCUT2D eigenvalue weighted by molar-refractivity contribution is 0.668. The Labute approximate surface area is 330 Å². The van der Waals surface area contributed by atoms with Crippen LogP contribution in [0, 0.1) is 0 Å². The largest absolute Gasteiger partial charge is 0.456 e. The molecule has 0 fully saturated rings. The average molecular weight is 748 g/mol. The monoisotopic (exact) mass is 747 g/mol. The van der Waals surface area contributed by atoms with E-state index >= 15 is 0 Å². The number of hydrogen-bond acceptors (Lipinski definition) is 6. The van der Waals surface area contributed by atoms with Crippen LogP contribution in [0.4, 0.5) is 0 Å². The fourth-order valence-corrected chi connectivity index (χ4v) is 9.65. The zero-order valence-corrected chi connectivity index (χ0v) is 31.1. The van der Waals surface area contributed by atoms with E-state index < -0.39 is 0 Å². The summed E-state index contributed by atoms with van der Waals surface area (Å²) in [5.74, 6) is 1.93. The molecule has 0 saturated carbocycles. The van der Waals surface area contributed by atoms with Crippen molar-refractivity contribution in [2.24, 2.45) is 0 Å². The third-order valence-electron chi connectivity index (χ3n) is 11.0. The number of para-hydroxylation sites is 2. The minimum Gasteiger partial charge on any atom is -0.456 e. The molecule has 266 valence electrons. The van der Waals surface area contributed by atoms with Crippen molar-refractivity contribution in [1.82, 2.24) is 15.0 Å². The van der Waals surface area contributed by atoms with Crippen molar-refractivity contribution in [3.63, 3.8) is 0 Å². The van der Waals surface area contributed by atoms with Crippen LogP contribution in [0.25, 0.3) is 120 Å². The van der Waals surface area contributed by atoms with E-state index in [0.717, 1.165) is 92.9 Å². The molecule has 0 saturated heterocycles. The van der Waals surface area contributed by atoms with Gasteiger partial charge in [0.1, 0.15) is 22.3 Å². The van der Waals surface area contributed by atoms with Crippen LogP contribution in [0.5, 0.6) is 0 Å². The molecule has 0 aliphatic rings. The van der Waals surface area contributed by atoms with Gasteiger partial charge >= 0.3 is 0 Å². The molecule has 0 bridgehead atoms. The molecule has 12 aromatic rings. The van der Waals surface area contributed by atoms with Gasteiger partial charge in [0.25, 0.3) is 0 Å². The van der Waals surface area contributed by atoms with Gasteiger partial charge < -0.3 is 8.83 Å². The zero-order valence-electron chi connectivity index (χ0n) is 30.3. The number of hydrogen-bond donors (Lipinski definition) is 0. The van der Waals surface area contributed by atoms with E-state index in [4.69, 9.17) is 23.8 Å². The molecule has 0 N–H and O–H groups in total. The second-order valence-corrected chi connectivity index (χ2v) is 15.3. The lowest BCUT2D eigenvalue weighted by atomic mass is 9.93. The molecular weight excluding hydrogens is 719 g/mol. The highest BCUT2D eigenvalue weighted by Crippen LogP contribution is 2.48. The summed E-state index contributed by atoms with van der Waals surface area (Å²) in [4.78, 5) is 15.1. The maximum absolute atomic E-state index is 6.82. The van der Waals surface area contributed by atoms with Gasteiger partial charge in [-0.05, 0) is 47.5 Å². The molecule has 0 aliphatic carbocycles. The molecule has 8 aromatic carbocycles. The maximum Gasteiger partial charge on any atom is 0.165 e. The molecule has 0 radical (unpaired) electrons. The molecule has 0 atom stereocenters. The normalized spacial score (nSPS) is 11.9. The fourth-order valence-electron chi connectivity index (χ4n) is 8.31. The molecule has 0 unspecified atom stereocenters. The number of aromatic nitrogens is 3. The number of benzene rings is 8. The average Bonchev–Trinajstić information content (AvgIpc) is 3.98. The van der Waals surface area contributed by atoms with Crippen LogP contribution in [0.3, 0.4) is 0 Å². The van der Waals surface area contributed by atoms with Gasteiger partial charge in [-0.1, -0.05) is 140 Å². The highest BCUT2D eigenvalue weighted by molar-refractivity contribution is 7.26. The zero-order chi connectivity index (χ0) is 37.5. The minimum atomic E-state index is 0.644. The van der Waals surface area contributed by atoms with Crippen LogP contribution in [0.1, 0.15) is 0 Å². The molecule has 6 heteroatoms. The van der Waals surface area contributed by atoms with Gasteiger partial charge in [0.2, 0.25) is 0 Å². The number of fused-ring (bicyclic) bond motifs is 9. The number of furan rings is 2. The second kappa shape index (κ2) is 12.6. The summed E-state index contributed by atoms with van der Waals surface area (Å²) in [5, 5.41) is 6.74. The lowest BCUT2D eigenvalue weighted by Crippen LogP contribution is -2.00. The highest BCUT2D eigenvalue weighted by Gasteiger charge is 2.22. The molecule has 57 heavy (non-hydrogen) atoms. The Kier molecular flexibility index (Phi) is 7.03. The smallest absolute Gasteiger partial charge is 0.165 e. The van der Waals surface area contributed by atoms with Gasteiger partial charge in [-0.15, -0.1) is 11.3 Å². The Bertz CT molecular complexity index is 3470. The van der Waals surface area contributed by atoms with Crippen LogP contribution in [-0.2, 0) is 0 Å². The molecule has 0 aliphatic heterocycles. The SMILES string of the molecule is c1ccc(-c2nc(-c3ccccc3)nc(-c3cccc4c3sc3c(-c5ccc(-c6ccc7c(c6)oc6ccccc67)c6c5oc5ccccc56)cccc34)n2)cc1. The first kappa shape index (κ1) is 31.9. The van der Waals surface area contributed by atoms with Crippen molar-refractivity contribution in [3.05, 3.63) is 176 Å². The summed E-state index contributed by atoms with van der Waals surface area (Å²) >= 11 is 1.77. The van der Waals surface area contributed by atoms with Crippen LogP contribution in [-0.4, -0.2) is 15.0 Å². The molecule has 0 spiro atoms. The summed E-state index contributed by atoms with van der Waals surface area (Å²) < 4.78 is 15.5. The Morgan fingerprint density at radius 2 is 0.877 bits per heavy atom. The minimum absolute atomic E-state index is 0.644. The first-order chi connectivity index (χ1) is 28.2. The van der Waals surface area contributed by atoms with Crippen molar-refractivity contribution < 1.29 is 8.83 Å². The van der Waals surface area contributed by atoms with E-state index in [1.165, 1.54) is 10.1 Å². The van der Waals surface area contributed by atoms with E-state index in [1.807, 2.05) is 78.9 Å². The van der Waals surface area contributed by atoms with Gasteiger partial charge in [-0.2, -0.15) is 0 Å². The van der Waals surface area contributed by atoms with E-state index in [1.54, 1.807) is 11.3 Å². The summed E-state index contributed by atoms with van der Waals surface area (Å²) in [7, 11) is 0. The van der Waals surface area contributed by atoms with Gasteiger partial charge in [0, 0.05) is 69.5 Å². The number of nitrogens with zero attached hydrogens (tertiary/aromatic N) is 3. The first-order valence-electron chi connectivity index (χ1n) is 18.9. The summed E-state index contributed by atoms with van der Waals surface area (Å²) in [6.45, 7) is 0. The molecular formula is C51H29N3O2S. The number of rotatable bonds is 5. The third-order valence-corrected chi connectivity index (χ3v) is 12.3. The molecule has 4 heterocycles. The van der Waals surface area contributed by atoms with Gasteiger partial charge in [-0.25, -0.2) is 15.0 Å². The Balaban J connectivity index is 1.06. The van der Waals surface area contributed by atoms with E-state index in [0.29, 0.717) is 17.5 Å². The fraction of sp³-hybridized carbons (Fsp3) is 0. The first-order valence-corrected chi connectivity index (χ1v) is 19.7. The Hall–Kier alpha value is -7.41. The van der Waals surface area contributed by atoms with Gasteiger partial charge in [-0.3, -0.25) is 0 Å². The van der Waals surface area contributed by atoms with Crippen molar-refractivity contribution in [1.29, 1.82) is 0 Å².